The van der Waals surface area contributed by atoms with Crippen molar-refractivity contribution < 1.29 is 9.53 Å². The number of anilines is 2. The van der Waals surface area contributed by atoms with Crippen molar-refractivity contribution in [3.63, 3.8) is 0 Å². The fourth-order valence-electron chi connectivity index (χ4n) is 2.74. The van der Waals surface area contributed by atoms with Gasteiger partial charge in [-0.1, -0.05) is 18.2 Å². The van der Waals surface area contributed by atoms with Crippen LogP contribution in [0, 0.1) is 5.92 Å². The number of para-hydroxylation sites is 1. The van der Waals surface area contributed by atoms with Crippen molar-refractivity contribution in [3.8, 4) is 0 Å². The van der Waals surface area contributed by atoms with E-state index in [0.29, 0.717) is 18.2 Å². The van der Waals surface area contributed by atoms with E-state index in [0.717, 1.165) is 36.7 Å². The van der Waals surface area contributed by atoms with E-state index in [2.05, 4.69) is 10.3 Å². The van der Waals surface area contributed by atoms with E-state index in [-0.39, 0.29) is 5.91 Å². The fraction of sp³-hybridized carbons (Fsp3) is 0.412. The fourth-order valence-corrected chi connectivity index (χ4v) is 3.43. The molecule has 1 saturated heterocycles. The Balaban J connectivity index is 1.66. The minimum atomic E-state index is -0.0461. The van der Waals surface area contributed by atoms with Crippen LogP contribution in [-0.4, -0.2) is 42.6 Å². The summed E-state index contributed by atoms with van der Waals surface area (Å²) < 4.78 is 5.49. The number of nitrogens with zero attached hydrogens (tertiary/aromatic N) is 2. The zero-order chi connectivity index (χ0) is 16.1. The van der Waals surface area contributed by atoms with Crippen LogP contribution in [0.5, 0.6) is 0 Å². The van der Waals surface area contributed by atoms with Gasteiger partial charge in [0.25, 0.3) is 5.91 Å². The van der Waals surface area contributed by atoms with Gasteiger partial charge in [0.15, 0.2) is 5.69 Å². The summed E-state index contributed by atoms with van der Waals surface area (Å²) in [5, 5.41) is 4.06. The Morgan fingerprint density at radius 1 is 1.43 bits per heavy atom. The van der Waals surface area contributed by atoms with Crippen molar-refractivity contribution in [1.82, 2.24) is 9.88 Å². The highest BCUT2D eigenvalue weighted by atomic mass is 32.1. The first-order valence-electron chi connectivity index (χ1n) is 7.83. The molecule has 1 atom stereocenters. The highest BCUT2D eigenvalue weighted by Crippen LogP contribution is 2.26. The van der Waals surface area contributed by atoms with E-state index in [1.807, 2.05) is 37.4 Å². The summed E-state index contributed by atoms with van der Waals surface area (Å²) in [5.41, 5.74) is 3.14. The Hall–Kier alpha value is -1.92. The number of rotatable bonds is 5. The smallest absolute Gasteiger partial charge is 0.275 e. The number of carbonyl (C=O) groups excluding carboxylic acids is 1. The number of carbonyl (C=O) groups is 1. The van der Waals surface area contributed by atoms with E-state index in [1.165, 1.54) is 11.3 Å². The molecule has 23 heavy (non-hydrogen) atoms. The molecule has 1 aliphatic rings. The van der Waals surface area contributed by atoms with Gasteiger partial charge in [-0.15, -0.1) is 11.3 Å². The lowest BCUT2D eigenvalue weighted by Gasteiger charge is -2.27. The van der Waals surface area contributed by atoms with Crippen LogP contribution in [0.1, 0.15) is 23.3 Å². The van der Waals surface area contributed by atoms with Gasteiger partial charge in [0.05, 0.1) is 12.1 Å². The van der Waals surface area contributed by atoms with Crippen molar-refractivity contribution in [3.05, 3.63) is 41.5 Å². The number of hydrogen-bond acceptors (Lipinski definition) is 5. The predicted octanol–water partition coefficient (Wildman–Crippen LogP) is 3.39. The second-order valence-electron chi connectivity index (χ2n) is 5.79. The third kappa shape index (κ3) is 4.09. The second-order valence-corrected chi connectivity index (χ2v) is 6.64. The topological polar surface area (TPSA) is 54.5 Å². The Morgan fingerprint density at radius 3 is 3.00 bits per heavy atom. The molecule has 0 saturated carbocycles. The number of amides is 1. The van der Waals surface area contributed by atoms with Crippen molar-refractivity contribution in [2.24, 2.45) is 5.92 Å². The largest absolute Gasteiger partial charge is 0.381 e. The third-order valence-electron chi connectivity index (χ3n) is 3.94. The molecule has 1 aromatic carbocycles. The number of hydrogen-bond donors (Lipinski definition) is 1. The minimum Gasteiger partial charge on any atom is -0.381 e. The first-order valence-corrected chi connectivity index (χ1v) is 8.71. The van der Waals surface area contributed by atoms with Crippen LogP contribution < -0.4 is 5.32 Å². The Labute approximate surface area is 140 Å². The summed E-state index contributed by atoms with van der Waals surface area (Å²) in [6.45, 7) is 2.29. The maximum Gasteiger partial charge on any atom is 0.275 e. The molecule has 0 aliphatic carbocycles. The molecule has 3 rings (SSSR count). The number of nitrogens with one attached hydrogen (secondary N) is 1. The zero-order valence-corrected chi connectivity index (χ0v) is 14.0. The van der Waals surface area contributed by atoms with Crippen molar-refractivity contribution in [2.75, 3.05) is 32.1 Å². The van der Waals surface area contributed by atoms with Crippen LogP contribution >= 0.6 is 11.3 Å². The van der Waals surface area contributed by atoms with Gasteiger partial charge in [0.1, 0.15) is 5.00 Å². The SMILES string of the molecule is CN(C[C@@H]1CCCOC1)C(=O)c1ncsc1Nc1ccccc1. The molecule has 1 aromatic heterocycles. The molecule has 6 heteroatoms. The van der Waals surface area contributed by atoms with Gasteiger partial charge in [0.2, 0.25) is 0 Å². The standard InChI is InChI=1S/C17H21N3O2S/c1-20(10-13-6-5-9-22-11-13)17(21)15-16(23-12-18-15)19-14-7-3-2-4-8-14/h2-4,7-8,12-13,19H,5-6,9-11H2,1H3/t13-/m0/s1. The van der Waals surface area contributed by atoms with Crippen LogP contribution in [0.15, 0.2) is 35.8 Å². The molecule has 2 heterocycles. The van der Waals surface area contributed by atoms with Gasteiger partial charge in [-0.2, -0.15) is 0 Å². The molecule has 122 valence electrons. The van der Waals surface area contributed by atoms with Gasteiger partial charge in [0, 0.05) is 25.9 Å². The van der Waals surface area contributed by atoms with Gasteiger partial charge >= 0.3 is 0 Å². The molecule has 2 aromatic rings. The van der Waals surface area contributed by atoms with Crippen molar-refractivity contribution >= 4 is 27.9 Å². The first kappa shape index (κ1) is 16.0. The van der Waals surface area contributed by atoms with Crippen LogP contribution in [0.2, 0.25) is 0 Å². The summed E-state index contributed by atoms with van der Waals surface area (Å²) >= 11 is 1.44. The zero-order valence-electron chi connectivity index (χ0n) is 13.2. The molecular weight excluding hydrogens is 310 g/mol. The molecule has 0 spiro atoms. The maximum atomic E-state index is 12.7. The lowest BCUT2D eigenvalue weighted by atomic mass is 10.0. The van der Waals surface area contributed by atoms with Crippen LogP contribution in [-0.2, 0) is 4.74 Å². The highest BCUT2D eigenvalue weighted by molar-refractivity contribution is 7.14. The van der Waals surface area contributed by atoms with Gasteiger partial charge in [-0.3, -0.25) is 4.79 Å². The van der Waals surface area contributed by atoms with E-state index in [4.69, 9.17) is 4.74 Å². The third-order valence-corrected chi connectivity index (χ3v) is 4.68. The quantitative estimate of drug-likeness (QED) is 0.912. The lowest BCUT2D eigenvalue weighted by molar-refractivity contribution is 0.0387. The van der Waals surface area contributed by atoms with E-state index >= 15 is 0 Å². The number of aromatic nitrogens is 1. The maximum absolute atomic E-state index is 12.7. The molecule has 1 amide bonds. The molecule has 1 fully saturated rings. The highest BCUT2D eigenvalue weighted by Gasteiger charge is 2.23. The van der Waals surface area contributed by atoms with Crippen molar-refractivity contribution in [1.29, 1.82) is 0 Å². The van der Waals surface area contributed by atoms with Crippen molar-refractivity contribution in [2.45, 2.75) is 12.8 Å². The van der Waals surface area contributed by atoms with Gasteiger partial charge < -0.3 is 15.0 Å². The Bertz CT molecular complexity index is 638. The normalized spacial score (nSPS) is 17.7. The van der Waals surface area contributed by atoms with E-state index in [9.17, 15) is 4.79 Å². The number of thiazole rings is 1. The summed E-state index contributed by atoms with van der Waals surface area (Å²) in [6.07, 6.45) is 2.19. The van der Waals surface area contributed by atoms with Crippen LogP contribution in [0.25, 0.3) is 0 Å². The van der Waals surface area contributed by atoms with Gasteiger partial charge in [-0.25, -0.2) is 4.98 Å². The average molecular weight is 331 g/mol. The van der Waals surface area contributed by atoms with E-state index in [1.54, 1.807) is 10.4 Å². The number of benzene rings is 1. The number of ether oxygens (including phenoxy) is 1. The molecule has 5 nitrogen and oxygen atoms in total. The van der Waals surface area contributed by atoms with E-state index < -0.39 is 0 Å². The van der Waals surface area contributed by atoms with Crippen LogP contribution in [0.3, 0.4) is 0 Å². The molecule has 0 unspecified atom stereocenters. The Kier molecular flexibility index (Phi) is 5.25. The molecule has 0 radical (unpaired) electrons. The monoisotopic (exact) mass is 331 g/mol. The second kappa shape index (κ2) is 7.57. The summed E-state index contributed by atoms with van der Waals surface area (Å²) in [5.74, 6) is 0.372. The van der Waals surface area contributed by atoms with Gasteiger partial charge in [-0.05, 0) is 30.9 Å². The Morgan fingerprint density at radius 2 is 2.26 bits per heavy atom. The predicted molar refractivity (Wildman–Crippen MR) is 92.3 cm³/mol. The molecular formula is C17H21N3O2S. The average Bonchev–Trinajstić information content (AvgIpc) is 3.04. The summed E-state index contributed by atoms with van der Waals surface area (Å²) in [7, 11) is 1.84. The first-order chi connectivity index (χ1) is 11.2. The summed E-state index contributed by atoms with van der Waals surface area (Å²) in [6, 6.07) is 9.82. The molecule has 0 bridgehead atoms. The summed E-state index contributed by atoms with van der Waals surface area (Å²) in [4.78, 5) is 18.7. The molecule has 1 N–H and O–H groups in total. The van der Waals surface area contributed by atoms with Crippen LogP contribution in [0.4, 0.5) is 10.7 Å². The minimum absolute atomic E-state index is 0.0461. The molecule has 1 aliphatic heterocycles. The lowest BCUT2D eigenvalue weighted by Crippen LogP contribution is -2.35.